The van der Waals surface area contributed by atoms with E-state index in [-0.39, 0.29) is 11.9 Å². The minimum atomic E-state index is -0.147. The summed E-state index contributed by atoms with van der Waals surface area (Å²) in [4.78, 5) is 8.38. The molecule has 2 aromatic heterocycles. The summed E-state index contributed by atoms with van der Waals surface area (Å²) in [6.07, 6.45) is 6.54. The third-order valence-corrected chi connectivity index (χ3v) is 3.65. The maximum absolute atomic E-state index is 13.6. The predicted octanol–water partition coefficient (Wildman–Crippen LogP) is 2.65. The van der Waals surface area contributed by atoms with Gasteiger partial charge in [-0.15, -0.1) is 0 Å². The molecule has 0 unspecified atom stereocenters. The SMILES string of the molecule is Fc1ccccc1CCCN[C@@H](c1cccnc1)c1ncn[nH]1. The Morgan fingerprint density at radius 1 is 1.17 bits per heavy atom. The van der Waals surface area contributed by atoms with Crippen LogP contribution in [0.4, 0.5) is 4.39 Å². The molecule has 0 aliphatic heterocycles. The van der Waals surface area contributed by atoms with Gasteiger partial charge in [-0.1, -0.05) is 24.3 Å². The molecule has 0 radical (unpaired) electrons. The molecule has 0 fully saturated rings. The number of halogens is 1. The van der Waals surface area contributed by atoms with Crippen molar-refractivity contribution in [1.82, 2.24) is 25.5 Å². The van der Waals surface area contributed by atoms with Gasteiger partial charge in [0.15, 0.2) is 0 Å². The Hall–Kier alpha value is -2.60. The first kappa shape index (κ1) is 15.3. The minimum Gasteiger partial charge on any atom is -0.304 e. The van der Waals surface area contributed by atoms with Crippen molar-refractivity contribution in [3.05, 3.63) is 77.9 Å². The zero-order valence-electron chi connectivity index (χ0n) is 12.6. The van der Waals surface area contributed by atoms with Crippen molar-refractivity contribution in [3.63, 3.8) is 0 Å². The summed E-state index contributed by atoms with van der Waals surface area (Å²) in [5, 5.41) is 10.2. The van der Waals surface area contributed by atoms with Crippen LogP contribution in [-0.4, -0.2) is 26.7 Å². The number of nitrogens with zero attached hydrogens (tertiary/aromatic N) is 3. The van der Waals surface area contributed by atoms with E-state index in [9.17, 15) is 4.39 Å². The molecule has 1 atom stereocenters. The highest BCUT2D eigenvalue weighted by atomic mass is 19.1. The Bertz CT molecular complexity index is 715. The Morgan fingerprint density at radius 3 is 2.83 bits per heavy atom. The number of pyridine rings is 1. The number of aromatic nitrogens is 4. The standard InChI is InChI=1S/C17H18FN5/c18-15-8-2-1-5-13(15)6-4-10-20-16(17-21-12-22-23-17)14-7-3-9-19-11-14/h1-3,5,7-9,11-12,16,20H,4,6,10H2,(H,21,22,23)/t16-/m0/s1. The van der Waals surface area contributed by atoms with Gasteiger partial charge in [0.05, 0.1) is 6.04 Å². The Kier molecular flexibility index (Phi) is 5.06. The molecule has 6 heteroatoms. The summed E-state index contributed by atoms with van der Waals surface area (Å²) in [7, 11) is 0. The van der Waals surface area contributed by atoms with Crippen molar-refractivity contribution >= 4 is 0 Å². The lowest BCUT2D eigenvalue weighted by Gasteiger charge is -2.16. The van der Waals surface area contributed by atoms with Gasteiger partial charge < -0.3 is 5.32 Å². The second kappa shape index (κ2) is 7.60. The first-order valence-corrected chi connectivity index (χ1v) is 7.56. The predicted molar refractivity (Wildman–Crippen MR) is 85.2 cm³/mol. The van der Waals surface area contributed by atoms with Crippen LogP contribution in [0.1, 0.15) is 29.4 Å². The fourth-order valence-electron chi connectivity index (χ4n) is 2.50. The highest BCUT2D eigenvalue weighted by Gasteiger charge is 2.16. The molecule has 23 heavy (non-hydrogen) atoms. The van der Waals surface area contributed by atoms with E-state index in [0.717, 1.165) is 29.9 Å². The lowest BCUT2D eigenvalue weighted by Crippen LogP contribution is -2.25. The molecular formula is C17H18FN5. The van der Waals surface area contributed by atoms with Crippen LogP contribution >= 0.6 is 0 Å². The lowest BCUT2D eigenvalue weighted by molar-refractivity contribution is 0.551. The van der Waals surface area contributed by atoms with Crippen molar-refractivity contribution in [1.29, 1.82) is 0 Å². The average molecular weight is 311 g/mol. The van der Waals surface area contributed by atoms with E-state index >= 15 is 0 Å². The highest BCUT2D eigenvalue weighted by molar-refractivity contribution is 5.21. The largest absolute Gasteiger partial charge is 0.304 e. The molecule has 0 bridgehead atoms. The zero-order chi connectivity index (χ0) is 15.9. The summed E-state index contributed by atoms with van der Waals surface area (Å²) < 4.78 is 13.6. The van der Waals surface area contributed by atoms with Crippen molar-refractivity contribution in [2.24, 2.45) is 0 Å². The summed E-state index contributed by atoms with van der Waals surface area (Å²) in [6, 6.07) is 10.7. The first-order chi connectivity index (χ1) is 11.3. The van der Waals surface area contributed by atoms with Crippen LogP contribution in [0.15, 0.2) is 55.1 Å². The van der Waals surface area contributed by atoms with Gasteiger partial charge in [0.2, 0.25) is 0 Å². The zero-order valence-corrected chi connectivity index (χ0v) is 12.6. The van der Waals surface area contributed by atoms with Gasteiger partial charge in [-0.25, -0.2) is 9.37 Å². The maximum Gasteiger partial charge on any atom is 0.146 e. The lowest BCUT2D eigenvalue weighted by atomic mass is 10.1. The minimum absolute atomic E-state index is 0.105. The van der Waals surface area contributed by atoms with Gasteiger partial charge in [-0.3, -0.25) is 10.1 Å². The summed E-state index contributed by atoms with van der Waals surface area (Å²) in [5.41, 5.74) is 1.75. The molecule has 0 spiro atoms. The summed E-state index contributed by atoms with van der Waals surface area (Å²) in [6.45, 7) is 0.731. The molecule has 2 N–H and O–H groups in total. The number of rotatable bonds is 7. The molecule has 0 saturated heterocycles. The molecule has 3 rings (SSSR count). The quantitative estimate of drug-likeness (QED) is 0.658. The van der Waals surface area contributed by atoms with Gasteiger partial charge in [0.25, 0.3) is 0 Å². The van der Waals surface area contributed by atoms with Crippen LogP contribution in [0, 0.1) is 5.82 Å². The highest BCUT2D eigenvalue weighted by Crippen LogP contribution is 2.17. The number of aromatic amines is 1. The second-order valence-corrected chi connectivity index (χ2v) is 5.24. The van der Waals surface area contributed by atoms with Crippen LogP contribution in [0.25, 0.3) is 0 Å². The van der Waals surface area contributed by atoms with E-state index in [4.69, 9.17) is 0 Å². The number of nitrogens with one attached hydrogen (secondary N) is 2. The van der Waals surface area contributed by atoms with Crippen molar-refractivity contribution in [2.75, 3.05) is 6.54 Å². The molecule has 0 aliphatic carbocycles. The Morgan fingerprint density at radius 2 is 2.09 bits per heavy atom. The van der Waals surface area contributed by atoms with Crippen molar-refractivity contribution in [2.45, 2.75) is 18.9 Å². The van der Waals surface area contributed by atoms with E-state index in [1.165, 1.54) is 12.4 Å². The third kappa shape index (κ3) is 3.98. The van der Waals surface area contributed by atoms with Crippen LogP contribution in [0.2, 0.25) is 0 Å². The Balaban J connectivity index is 1.61. The number of hydrogen-bond acceptors (Lipinski definition) is 4. The van der Waals surface area contributed by atoms with E-state index in [1.54, 1.807) is 18.5 Å². The monoisotopic (exact) mass is 311 g/mol. The maximum atomic E-state index is 13.6. The van der Waals surface area contributed by atoms with Crippen LogP contribution in [-0.2, 0) is 6.42 Å². The molecule has 3 aromatic rings. The van der Waals surface area contributed by atoms with E-state index in [2.05, 4.69) is 25.5 Å². The normalized spacial score (nSPS) is 12.2. The number of benzene rings is 1. The topological polar surface area (TPSA) is 66.5 Å². The summed E-state index contributed by atoms with van der Waals surface area (Å²) >= 11 is 0. The van der Waals surface area contributed by atoms with E-state index < -0.39 is 0 Å². The molecule has 0 amide bonds. The molecular weight excluding hydrogens is 293 g/mol. The van der Waals surface area contributed by atoms with E-state index in [0.29, 0.717) is 6.42 Å². The summed E-state index contributed by atoms with van der Waals surface area (Å²) in [5.74, 6) is 0.593. The Labute approximate surface area is 134 Å². The molecule has 5 nitrogen and oxygen atoms in total. The fraction of sp³-hybridized carbons (Fsp3) is 0.235. The molecule has 0 saturated carbocycles. The smallest absolute Gasteiger partial charge is 0.146 e. The molecule has 0 aliphatic rings. The van der Waals surface area contributed by atoms with E-state index in [1.807, 2.05) is 24.3 Å². The number of H-pyrrole nitrogens is 1. The first-order valence-electron chi connectivity index (χ1n) is 7.56. The van der Waals surface area contributed by atoms with Gasteiger partial charge in [-0.2, -0.15) is 5.10 Å². The van der Waals surface area contributed by atoms with Gasteiger partial charge in [0, 0.05) is 12.4 Å². The third-order valence-electron chi connectivity index (χ3n) is 3.65. The molecule has 118 valence electrons. The van der Waals surface area contributed by atoms with Crippen LogP contribution in [0.3, 0.4) is 0 Å². The second-order valence-electron chi connectivity index (χ2n) is 5.24. The fourth-order valence-corrected chi connectivity index (χ4v) is 2.50. The molecule has 1 aromatic carbocycles. The van der Waals surface area contributed by atoms with Crippen molar-refractivity contribution in [3.8, 4) is 0 Å². The number of aryl methyl sites for hydroxylation is 1. The average Bonchev–Trinajstić information content (AvgIpc) is 3.11. The van der Waals surface area contributed by atoms with Gasteiger partial charge >= 0.3 is 0 Å². The van der Waals surface area contributed by atoms with Crippen LogP contribution < -0.4 is 5.32 Å². The number of hydrogen-bond donors (Lipinski definition) is 2. The molecule has 2 heterocycles. The van der Waals surface area contributed by atoms with Crippen LogP contribution in [0.5, 0.6) is 0 Å². The van der Waals surface area contributed by atoms with Gasteiger partial charge in [0.1, 0.15) is 18.0 Å². The van der Waals surface area contributed by atoms with Gasteiger partial charge in [-0.05, 0) is 42.6 Å². The van der Waals surface area contributed by atoms with Crippen molar-refractivity contribution < 1.29 is 4.39 Å².